The molecule has 0 rings (SSSR count). The predicted molar refractivity (Wildman–Crippen MR) is 80.0 cm³/mol. The van der Waals surface area contributed by atoms with Crippen LogP contribution in [0.15, 0.2) is 33.3 Å². The first kappa shape index (κ1) is 15.0. The molecule has 0 aromatic rings. The summed E-state index contributed by atoms with van der Waals surface area (Å²) in [6.07, 6.45) is 7.95. The summed E-state index contributed by atoms with van der Waals surface area (Å²) in [5, 5.41) is 0. The lowest BCUT2D eigenvalue weighted by molar-refractivity contribution is 1.71. The highest BCUT2D eigenvalue weighted by Crippen LogP contribution is 2.19. The third kappa shape index (κ3) is 8.92. The molecule has 0 fully saturated rings. The Bertz CT molecular complexity index is 342. The number of hydrogen-bond acceptors (Lipinski definition) is 0. The van der Waals surface area contributed by atoms with E-state index in [4.69, 9.17) is 0 Å². The van der Waals surface area contributed by atoms with Gasteiger partial charge in [0.1, 0.15) is 8.07 Å². The van der Waals surface area contributed by atoms with Gasteiger partial charge in [-0.25, -0.2) is 0 Å². The fraction of sp³-hybridized carbons (Fsp3) is 0.333. The molecule has 15 heavy (non-hydrogen) atoms. The summed E-state index contributed by atoms with van der Waals surface area (Å²) in [5.74, 6) is 3.19. The zero-order valence-electron chi connectivity index (χ0n) is 9.57. The Kier molecular flexibility index (Phi) is 7.25. The van der Waals surface area contributed by atoms with Crippen molar-refractivity contribution in [2.45, 2.75) is 26.6 Å². The largest absolute Gasteiger partial charge is 0.129 e. The van der Waals surface area contributed by atoms with Crippen molar-refractivity contribution in [3.63, 3.8) is 0 Å². The van der Waals surface area contributed by atoms with Crippen molar-refractivity contribution < 1.29 is 0 Å². The van der Waals surface area contributed by atoms with E-state index in [-0.39, 0.29) is 0 Å². The number of rotatable bonds is 2. The number of allylic oxidation sites excluding steroid dienone is 5. The van der Waals surface area contributed by atoms with Crippen molar-refractivity contribution in [3.05, 3.63) is 33.3 Å². The van der Waals surface area contributed by atoms with E-state index in [2.05, 4.69) is 63.0 Å². The Morgan fingerprint density at radius 2 is 1.73 bits per heavy atom. The fourth-order valence-electron chi connectivity index (χ4n) is 0.670. The minimum absolute atomic E-state index is 0.904. The molecule has 0 N–H and O–H groups in total. The zero-order valence-corrected chi connectivity index (χ0v) is 13.7. The van der Waals surface area contributed by atoms with Gasteiger partial charge in [0.25, 0.3) is 0 Å². The lowest BCUT2D eigenvalue weighted by Gasteiger charge is -2.03. The normalized spacial score (nSPS) is 11.6. The molecule has 0 unspecified atom stereocenters. The van der Waals surface area contributed by atoms with Crippen molar-refractivity contribution in [2.24, 2.45) is 0 Å². The van der Waals surface area contributed by atoms with Gasteiger partial charge in [-0.15, -0.1) is 5.54 Å². The minimum Gasteiger partial charge on any atom is -0.127 e. The van der Waals surface area contributed by atoms with E-state index in [1.807, 2.05) is 31.2 Å². The molecular formula is C12H16Br2Si. The molecule has 0 aromatic heterocycles. The van der Waals surface area contributed by atoms with Crippen LogP contribution in [-0.2, 0) is 0 Å². The van der Waals surface area contributed by atoms with Gasteiger partial charge in [0.05, 0.1) is 3.39 Å². The van der Waals surface area contributed by atoms with E-state index in [1.165, 1.54) is 0 Å². The first-order valence-electron chi connectivity index (χ1n) is 4.74. The van der Waals surface area contributed by atoms with Crippen LogP contribution >= 0.6 is 31.9 Å². The van der Waals surface area contributed by atoms with Gasteiger partial charge in [-0.1, -0.05) is 43.8 Å². The van der Waals surface area contributed by atoms with E-state index in [1.54, 1.807) is 0 Å². The van der Waals surface area contributed by atoms with Crippen LogP contribution in [0.2, 0.25) is 19.6 Å². The Morgan fingerprint density at radius 3 is 2.13 bits per heavy atom. The lowest BCUT2D eigenvalue weighted by atomic mass is 10.3. The average molecular weight is 348 g/mol. The Labute approximate surface area is 111 Å². The summed E-state index contributed by atoms with van der Waals surface area (Å²) in [6.45, 7) is 8.69. The third-order valence-electron chi connectivity index (χ3n) is 1.34. The second-order valence-corrected chi connectivity index (χ2v) is 11.5. The average Bonchev–Trinajstić information content (AvgIpc) is 2.08. The molecule has 0 atom stereocenters. The van der Waals surface area contributed by atoms with Crippen LogP contribution in [0.1, 0.15) is 6.92 Å². The Morgan fingerprint density at radius 1 is 1.13 bits per heavy atom. The van der Waals surface area contributed by atoms with E-state index >= 15 is 0 Å². The molecule has 0 spiro atoms. The smallest absolute Gasteiger partial charge is 0.127 e. The van der Waals surface area contributed by atoms with Crippen molar-refractivity contribution in [2.75, 3.05) is 0 Å². The molecule has 0 saturated heterocycles. The van der Waals surface area contributed by atoms with Crippen LogP contribution in [0.5, 0.6) is 0 Å². The quantitative estimate of drug-likeness (QED) is 0.374. The van der Waals surface area contributed by atoms with E-state index in [0.29, 0.717) is 0 Å². The molecule has 82 valence electrons. The lowest BCUT2D eigenvalue weighted by Crippen LogP contribution is -2.16. The highest BCUT2D eigenvalue weighted by molar-refractivity contribution is 9.28. The van der Waals surface area contributed by atoms with Crippen LogP contribution in [0.4, 0.5) is 0 Å². The summed E-state index contributed by atoms with van der Waals surface area (Å²) in [4.78, 5) is 0. The first-order valence-corrected chi connectivity index (χ1v) is 9.83. The summed E-state index contributed by atoms with van der Waals surface area (Å²) in [6, 6.07) is 0. The Hall–Kier alpha value is -0.0431. The van der Waals surface area contributed by atoms with Gasteiger partial charge in [0, 0.05) is 5.57 Å². The molecule has 0 radical (unpaired) electrons. The van der Waals surface area contributed by atoms with E-state index in [0.717, 1.165) is 8.96 Å². The molecule has 0 amide bonds. The third-order valence-corrected chi connectivity index (χ3v) is 3.07. The summed E-state index contributed by atoms with van der Waals surface area (Å²) >= 11 is 6.79. The highest BCUT2D eigenvalue weighted by atomic mass is 79.9. The van der Waals surface area contributed by atoms with Gasteiger partial charge in [0.2, 0.25) is 0 Å². The van der Waals surface area contributed by atoms with E-state index < -0.39 is 8.07 Å². The molecule has 0 aliphatic rings. The SMILES string of the molecule is C/C=C/C=C/C(C#C[Si](C)(C)C)=C(Br)Br. The maximum absolute atomic E-state index is 3.39. The van der Waals surface area contributed by atoms with Crippen molar-refractivity contribution in [1.29, 1.82) is 0 Å². The molecule has 3 heteroatoms. The maximum Gasteiger partial charge on any atom is 0.129 e. The highest BCUT2D eigenvalue weighted by Gasteiger charge is 2.07. The predicted octanol–water partition coefficient (Wildman–Crippen LogP) is 5.00. The fourth-order valence-corrected chi connectivity index (χ4v) is 1.64. The van der Waals surface area contributed by atoms with Crippen LogP contribution < -0.4 is 0 Å². The van der Waals surface area contributed by atoms with Gasteiger partial charge < -0.3 is 0 Å². The topological polar surface area (TPSA) is 0 Å². The van der Waals surface area contributed by atoms with Gasteiger partial charge in [-0.05, 0) is 44.9 Å². The molecule has 0 aromatic carbocycles. The van der Waals surface area contributed by atoms with Gasteiger partial charge in [-0.3, -0.25) is 0 Å². The molecule has 0 aliphatic heterocycles. The summed E-state index contributed by atoms with van der Waals surface area (Å²) in [5.41, 5.74) is 4.31. The first-order chi connectivity index (χ1) is 6.87. The van der Waals surface area contributed by atoms with Crippen molar-refractivity contribution in [1.82, 2.24) is 0 Å². The summed E-state index contributed by atoms with van der Waals surface area (Å²) in [7, 11) is -1.30. The second-order valence-electron chi connectivity index (χ2n) is 4.06. The van der Waals surface area contributed by atoms with Crippen LogP contribution in [0, 0.1) is 11.5 Å². The molecule has 0 saturated carbocycles. The minimum atomic E-state index is -1.30. The van der Waals surface area contributed by atoms with Crippen molar-refractivity contribution >= 4 is 39.9 Å². The van der Waals surface area contributed by atoms with Gasteiger partial charge >= 0.3 is 0 Å². The molecule has 0 nitrogen and oxygen atoms in total. The monoisotopic (exact) mass is 346 g/mol. The standard InChI is InChI=1S/C12H16Br2Si/c1-5-6-7-8-11(12(13)14)9-10-15(2,3)4/h5-8H,1-4H3/b6-5+,8-7+. The molecule has 0 aliphatic carbocycles. The number of halogens is 2. The molecule has 0 bridgehead atoms. The Balaban J connectivity index is 4.87. The van der Waals surface area contributed by atoms with Crippen LogP contribution in [-0.4, -0.2) is 8.07 Å². The van der Waals surface area contributed by atoms with Gasteiger partial charge in [-0.2, -0.15) is 0 Å². The van der Waals surface area contributed by atoms with E-state index in [9.17, 15) is 0 Å². The van der Waals surface area contributed by atoms with Crippen LogP contribution in [0.3, 0.4) is 0 Å². The van der Waals surface area contributed by atoms with Crippen molar-refractivity contribution in [3.8, 4) is 11.5 Å². The van der Waals surface area contributed by atoms with Gasteiger partial charge in [0.15, 0.2) is 0 Å². The summed E-state index contributed by atoms with van der Waals surface area (Å²) < 4.78 is 0.904. The molecule has 0 heterocycles. The molecular weight excluding hydrogens is 332 g/mol. The maximum atomic E-state index is 3.39. The number of hydrogen-bond donors (Lipinski definition) is 0. The zero-order chi connectivity index (χ0) is 11.9. The van der Waals surface area contributed by atoms with Crippen LogP contribution in [0.25, 0.3) is 0 Å². The second kappa shape index (κ2) is 7.27.